The molecule has 0 unspecified atom stereocenters. The van der Waals surface area contributed by atoms with Crippen LogP contribution in [0.2, 0.25) is 0 Å². The summed E-state index contributed by atoms with van der Waals surface area (Å²) in [5.41, 5.74) is 0.283. The summed E-state index contributed by atoms with van der Waals surface area (Å²) < 4.78 is 27.1. The monoisotopic (exact) mass is 329 g/mol. The average Bonchev–Trinajstić information content (AvgIpc) is 2.55. The lowest BCUT2D eigenvalue weighted by molar-refractivity contribution is 0.0691. The molecule has 116 valence electrons. The van der Waals surface area contributed by atoms with Crippen molar-refractivity contribution in [3.63, 3.8) is 0 Å². The second-order valence-corrected chi connectivity index (χ2v) is 6.28. The van der Waals surface area contributed by atoms with Crippen molar-refractivity contribution in [3.8, 4) is 0 Å². The third kappa shape index (κ3) is 2.97. The lowest BCUT2D eigenvalue weighted by Crippen LogP contribution is -2.15. The highest BCUT2D eigenvalue weighted by molar-refractivity contribution is 7.92. The molecule has 23 heavy (non-hydrogen) atoms. The van der Waals surface area contributed by atoms with Crippen LogP contribution >= 0.6 is 0 Å². The number of nitrogens with zero attached hydrogens (tertiary/aromatic N) is 2. The quantitative estimate of drug-likeness (QED) is 0.759. The van der Waals surface area contributed by atoms with Crippen LogP contribution in [-0.2, 0) is 10.0 Å². The summed E-state index contributed by atoms with van der Waals surface area (Å²) >= 11 is 0. The Balaban J connectivity index is 2.10. The molecule has 0 aliphatic carbocycles. The van der Waals surface area contributed by atoms with Crippen molar-refractivity contribution >= 4 is 32.6 Å². The van der Waals surface area contributed by atoms with Crippen LogP contribution in [-0.4, -0.2) is 29.5 Å². The number of carboxylic acid groups (broad SMARTS) is 1. The van der Waals surface area contributed by atoms with E-state index < -0.39 is 16.0 Å². The molecule has 0 aliphatic rings. The maximum absolute atomic E-state index is 12.3. The maximum Gasteiger partial charge on any atom is 0.354 e. The molecule has 0 saturated carbocycles. The molecule has 3 rings (SSSR count). The van der Waals surface area contributed by atoms with E-state index in [-0.39, 0.29) is 21.9 Å². The van der Waals surface area contributed by atoms with Crippen molar-refractivity contribution in [1.82, 2.24) is 9.97 Å². The van der Waals surface area contributed by atoms with Gasteiger partial charge in [-0.1, -0.05) is 24.3 Å². The highest BCUT2D eigenvalue weighted by atomic mass is 32.2. The van der Waals surface area contributed by atoms with Gasteiger partial charge in [-0.3, -0.25) is 4.72 Å². The number of fused-ring (bicyclic) bond motifs is 1. The summed E-state index contributed by atoms with van der Waals surface area (Å²) in [6, 6.07) is 12.4. The minimum Gasteiger partial charge on any atom is -0.477 e. The van der Waals surface area contributed by atoms with Gasteiger partial charge in [0.05, 0.1) is 11.2 Å². The molecule has 2 aromatic heterocycles. The third-order valence-corrected chi connectivity index (χ3v) is 4.38. The van der Waals surface area contributed by atoms with E-state index in [1.165, 1.54) is 24.4 Å². The van der Waals surface area contributed by atoms with Crippen LogP contribution in [0.1, 0.15) is 10.5 Å². The molecule has 0 spiro atoms. The summed E-state index contributed by atoms with van der Waals surface area (Å²) in [5, 5.41) is 9.52. The molecule has 0 saturated heterocycles. The molecule has 0 radical (unpaired) electrons. The second-order valence-electron chi connectivity index (χ2n) is 4.65. The summed E-state index contributed by atoms with van der Waals surface area (Å²) in [6.45, 7) is 0. The number of aromatic carboxylic acids is 1. The molecule has 0 amide bonds. The van der Waals surface area contributed by atoms with E-state index in [1.54, 1.807) is 30.3 Å². The predicted octanol–water partition coefficient (Wildman–Crippen LogP) is 2.13. The van der Waals surface area contributed by atoms with Gasteiger partial charge in [0.2, 0.25) is 0 Å². The number of rotatable bonds is 4. The molecule has 2 heterocycles. The van der Waals surface area contributed by atoms with Crippen molar-refractivity contribution in [2.45, 2.75) is 5.03 Å². The number of sulfonamides is 1. The first kappa shape index (κ1) is 14.9. The standard InChI is InChI=1S/C15H11N3O4S/c19-15(20)12-8-7-10-4-3-5-11(14(10)17-12)18-23(21,22)13-6-1-2-9-16-13/h1-9,18H,(H,19,20). The molecule has 1 aromatic carbocycles. The largest absolute Gasteiger partial charge is 0.477 e. The lowest BCUT2D eigenvalue weighted by atomic mass is 10.2. The smallest absolute Gasteiger partial charge is 0.354 e. The summed E-state index contributed by atoms with van der Waals surface area (Å²) in [4.78, 5) is 18.9. The Morgan fingerprint density at radius 1 is 1.04 bits per heavy atom. The normalized spacial score (nSPS) is 11.3. The van der Waals surface area contributed by atoms with E-state index in [1.807, 2.05) is 0 Å². The van der Waals surface area contributed by atoms with Crippen LogP contribution in [0.4, 0.5) is 5.69 Å². The Morgan fingerprint density at radius 3 is 2.57 bits per heavy atom. The number of carboxylic acids is 1. The molecule has 3 aromatic rings. The van der Waals surface area contributed by atoms with Gasteiger partial charge in [-0.15, -0.1) is 0 Å². The highest BCUT2D eigenvalue weighted by Crippen LogP contribution is 2.24. The maximum atomic E-state index is 12.3. The molecule has 0 aliphatic heterocycles. The summed E-state index contributed by atoms with van der Waals surface area (Å²) in [6.07, 6.45) is 1.37. The number of carbonyl (C=O) groups is 1. The van der Waals surface area contributed by atoms with Crippen molar-refractivity contribution in [1.29, 1.82) is 0 Å². The molecular weight excluding hydrogens is 318 g/mol. The average molecular weight is 329 g/mol. The van der Waals surface area contributed by atoms with Gasteiger partial charge >= 0.3 is 5.97 Å². The van der Waals surface area contributed by atoms with E-state index in [2.05, 4.69) is 14.7 Å². The van der Waals surface area contributed by atoms with Crippen molar-refractivity contribution in [3.05, 3.63) is 60.4 Å². The lowest BCUT2D eigenvalue weighted by Gasteiger charge is -2.10. The summed E-state index contributed by atoms with van der Waals surface area (Å²) in [7, 11) is -3.89. The van der Waals surface area contributed by atoms with Crippen LogP contribution in [0.3, 0.4) is 0 Å². The van der Waals surface area contributed by atoms with Crippen LogP contribution in [0.25, 0.3) is 10.9 Å². The minimum absolute atomic E-state index is 0.133. The van der Waals surface area contributed by atoms with Gasteiger partial charge < -0.3 is 5.11 Å². The van der Waals surface area contributed by atoms with Crippen molar-refractivity contribution < 1.29 is 18.3 Å². The summed E-state index contributed by atoms with van der Waals surface area (Å²) in [5.74, 6) is -1.19. The fourth-order valence-electron chi connectivity index (χ4n) is 2.05. The van der Waals surface area contributed by atoms with Gasteiger partial charge in [0.15, 0.2) is 5.03 Å². The van der Waals surface area contributed by atoms with Crippen LogP contribution < -0.4 is 4.72 Å². The topological polar surface area (TPSA) is 109 Å². The Kier molecular flexibility index (Phi) is 3.67. The van der Waals surface area contributed by atoms with Crippen LogP contribution in [0, 0.1) is 0 Å². The SMILES string of the molecule is O=C(O)c1ccc2cccc(NS(=O)(=O)c3ccccn3)c2n1. The minimum atomic E-state index is -3.89. The number of para-hydroxylation sites is 1. The fourth-order valence-corrected chi connectivity index (χ4v) is 3.07. The number of hydrogen-bond donors (Lipinski definition) is 2. The zero-order valence-electron chi connectivity index (χ0n) is 11.7. The first-order chi connectivity index (χ1) is 11.0. The third-order valence-electron chi connectivity index (χ3n) is 3.10. The molecule has 0 fully saturated rings. The number of nitrogens with one attached hydrogen (secondary N) is 1. The van der Waals surface area contributed by atoms with E-state index in [4.69, 9.17) is 5.11 Å². The van der Waals surface area contributed by atoms with Gasteiger partial charge in [-0.2, -0.15) is 8.42 Å². The fraction of sp³-hybridized carbons (Fsp3) is 0. The van der Waals surface area contributed by atoms with Gasteiger partial charge in [0.1, 0.15) is 5.69 Å². The number of anilines is 1. The zero-order valence-corrected chi connectivity index (χ0v) is 12.5. The van der Waals surface area contributed by atoms with Gasteiger partial charge in [-0.25, -0.2) is 14.8 Å². The number of hydrogen-bond acceptors (Lipinski definition) is 5. The Labute approximate surface area is 131 Å². The van der Waals surface area contributed by atoms with E-state index in [0.29, 0.717) is 5.39 Å². The van der Waals surface area contributed by atoms with Crippen LogP contribution in [0.15, 0.2) is 59.8 Å². The van der Waals surface area contributed by atoms with Crippen molar-refractivity contribution in [2.24, 2.45) is 0 Å². The molecule has 0 bridgehead atoms. The first-order valence-corrected chi connectivity index (χ1v) is 8.02. The molecule has 0 atom stereocenters. The molecular formula is C15H11N3O4S. The predicted molar refractivity (Wildman–Crippen MR) is 83.7 cm³/mol. The molecule has 8 heteroatoms. The van der Waals surface area contributed by atoms with Gasteiger partial charge in [0, 0.05) is 11.6 Å². The first-order valence-electron chi connectivity index (χ1n) is 6.54. The molecule has 7 nitrogen and oxygen atoms in total. The number of pyridine rings is 2. The Morgan fingerprint density at radius 2 is 1.87 bits per heavy atom. The number of aromatic nitrogens is 2. The zero-order chi connectivity index (χ0) is 16.4. The van der Waals surface area contributed by atoms with Crippen LogP contribution in [0.5, 0.6) is 0 Å². The van der Waals surface area contributed by atoms with E-state index in [9.17, 15) is 13.2 Å². The van der Waals surface area contributed by atoms with Gasteiger partial charge in [0.25, 0.3) is 10.0 Å². The Hall–Kier alpha value is -3.00. The van der Waals surface area contributed by atoms with E-state index in [0.717, 1.165) is 0 Å². The van der Waals surface area contributed by atoms with E-state index >= 15 is 0 Å². The highest BCUT2D eigenvalue weighted by Gasteiger charge is 2.17. The van der Waals surface area contributed by atoms with Gasteiger partial charge in [-0.05, 0) is 24.3 Å². The number of benzene rings is 1. The Bertz CT molecular complexity index is 988. The molecule has 2 N–H and O–H groups in total. The van der Waals surface area contributed by atoms with Crippen molar-refractivity contribution in [2.75, 3.05) is 4.72 Å². The second kappa shape index (κ2) is 5.65.